The topological polar surface area (TPSA) is 93.9 Å². The van der Waals surface area contributed by atoms with Crippen LogP contribution in [0.25, 0.3) is 17.1 Å². The third kappa shape index (κ3) is 8.93. The molecule has 18 heteroatoms. The van der Waals surface area contributed by atoms with Gasteiger partial charge in [0.05, 0.1) is 17.1 Å². The number of hydrogen-bond acceptors (Lipinski definition) is 7. The molecule has 1 fully saturated rings. The average molecular weight is 715 g/mol. The van der Waals surface area contributed by atoms with E-state index in [0.717, 1.165) is 28.3 Å². The average Bonchev–Trinajstić information content (AvgIpc) is 3.63. The summed E-state index contributed by atoms with van der Waals surface area (Å²) < 4.78 is 85.6. The Labute approximate surface area is 277 Å². The molecule has 0 aliphatic carbocycles. The lowest BCUT2D eigenvalue weighted by Gasteiger charge is -2.21. The molecule has 9 nitrogen and oxygen atoms in total. The fraction of sp³-hybridized carbons (Fsp3) is 0.207. The van der Waals surface area contributed by atoms with Crippen LogP contribution in [-0.4, -0.2) is 56.0 Å². The number of anilines is 1. The van der Waals surface area contributed by atoms with E-state index >= 15 is 0 Å². The fourth-order valence-corrected chi connectivity index (χ4v) is 5.58. The van der Waals surface area contributed by atoms with E-state index in [1.807, 2.05) is 31.2 Å². The lowest BCUT2D eigenvalue weighted by Crippen LogP contribution is -2.33. The first-order chi connectivity index (χ1) is 22.1. The molecular weight excluding hydrogens is 694 g/mol. The van der Waals surface area contributed by atoms with Crippen molar-refractivity contribution in [2.75, 3.05) is 17.2 Å². The number of halogens is 7. The van der Waals surface area contributed by atoms with Crippen molar-refractivity contribution in [2.24, 2.45) is 4.99 Å². The van der Waals surface area contributed by atoms with Gasteiger partial charge in [-0.05, 0) is 66.2 Å². The number of amidine groups is 1. The van der Waals surface area contributed by atoms with Gasteiger partial charge in [-0.25, -0.2) is 9.67 Å². The number of carbonyl (C=O) groups excluding carboxylic acids is 1. The van der Waals surface area contributed by atoms with E-state index in [1.54, 1.807) is 0 Å². The predicted molar refractivity (Wildman–Crippen MR) is 168 cm³/mol. The van der Waals surface area contributed by atoms with Crippen LogP contribution in [0, 0.1) is 0 Å². The van der Waals surface area contributed by atoms with Crippen molar-refractivity contribution in [1.82, 2.24) is 20.1 Å². The molecule has 0 saturated carbocycles. The van der Waals surface area contributed by atoms with Crippen molar-refractivity contribution in [3.05, 3.63) is 83.6 Å². The summed E-state index contributed by atoms with van der Waals surface area (Å²) in [7, 11) is 0. The second-order valence-corrected chi connectivity index (χ2v) is 11.6. The van der Waals surface area contributed by atoms with Crippen molar-refractivity contribution in [3.8, 4) is 28.6 Å². The Hall–Kier alpha value is -4.35. The van der Waals surface area contributed by atoms with Crippen molar-refractivity contribution >= 4 is 57.5 Å². The summed E-state index contributed by atoms with van der Waals surface area (Å²) in [5, 5.41) is 7.57. The van der Waals surface area contributed by atoms with Gasteiger partial charge in [-0.15, -0.1) is 31.4 Å². The number of rotatable bonds is 8. The van der Waals surface area contributed by atoms with Crippen LogP contribution in [-0.2, 0) is 4.79 Å². The number of amides is 1. The SMILES string of the molecule is CC(CNC(=S)N=C1SCC(=O)N1c1cc(Cl)ccc1OC(F)(F)F)c1ccc(-c2ncn(-c3ccc(OC(F)(F)F)cc3)n2)cc1. The smallest absolute Gasteiger partial charge is 0.406 e. The number of carbonyl (C=O) groups is 1. The lowest BCUT2D eigenvalue weighted by atomic mass is 10.00. The number of thiocarbonyl (C=S) groups is 1. The minimum absolute atomic E-state index is 0.0173. The summed E-state index contributed by atoms with van der Waals surface area (Å²) in [5.74, 6) is -1.23. The summed E-state index contributed by atoms with van der Waals surface area (Å²) in [6.45, 7) is 2.28. The fourth-order valence-electron chi connectivity index (χ4n) is 4.32. The van der Waals surface area contributed by atoms with Gasteiger partial charge in [0.1, 0.15) is 12.1 Å². The third-order valence-electron chi connectivity index (χ3n) is 6.47. The first-order valence-electron chi connectivity index (χ1n) is 13.4. The van der Waals surface area contributed by atoms with Crippen LogP contribution in [0.3, 0.4) is 0 Å². The Morgan fingerprint density at radius 1 is 1.04 bits per heavy atom. The van der Waals surface area contributed by atoms with Gasteiger partial charge in [-0.3, -0.25) is 9.69 Å². The van der Waals surface area contributed by atoms with E-state index < -0.39 is 24.4 Å². The quantitative estimate of drug-likeness (QED) is 0.148. The molecule has 0 bridgehead atoms. The molecule has 1 aliphatic rings. The highest BCUT2D eigenvalue weighted by molar-refractivity contribution is 8.15. The summed E-state index contributed by atoms with van der Waals surface area (Å²) in [6, 6.07) is 16.0. The zero-order valence-electron chi connectivity index (χ0n) is 23.8. The number of nitrogens with one attached hydrogen (secondary N) is 1. The molecule has 0 spiro atoms. The molecule has 47 heavy (non-hydrogen) atoms. The van der Waals surface area contributed by atoms with Gasteiger partial charge in [0.15, 0.2) is 21.9 Å². The number of alkyl halides is 6. The molecule has 1 atom stereocenters. The molecule has 5 rings (SSSR count). The standard InChI is InChI=1S/C29H21ClF6N6O3S2/c1-16(13-37-26(46)39-27-42(24(43)14-47-27)22-12-19(30)6-11-23(22)45-29(34,35)36)17-2-4-18(5-3-17)25-38-15-41(40-25)20-7-9-21(10-8-20)44-28(31,32)33/h2-12,15-16H,13-14H2,1H3,(H,37,46). The highest BCUT2D eigenvalue weighted by Gasteiger charge is 2.37. The zero-order valence-corrected chi connectivity index (χ0v) is 26.2. The molecule has 1 unspecified atom stereocenters. The van der Waals surface area contributed by atoms with Crippen LogP contribution >= 0.6 is 35.6 Å². The normalized spacial score (nSPS) is 15.2. The summed E-state index contributed by atoms with van der Waals surface area (Å²) >= 11 is 12.3. The molecule has 1 aromatic heterocycles. The van der Waals surface area contributed by atoms with Gasteiger partial charge in [-0.2, -0.15) is 4.99 Å². The third-order valence-corrected chi connectivity index (χ3v) is 7.87. The number of thioether (sulfide) groups is 1. The minimum Gasteiger partial charge on any atom is -0.406 e. The van der Waals surface area contributed by atoms with Gasteiger partial charge in [0, 0.05) is 17.1 Å². The van der Waals surface area contributed by atoms with E-state index in [9.17, 15) is 31.1 Å². The van der Waals surface area contributed by atoms with E-state index in [2.05, 4.69) is 29.9 Å². The van der Waals surface area contributed by atoms with Crippen molar-refractivity contribution in [3.63, 3.8) is 0 Å². The van der Waals surface area contributed by atoms with Gasteiger partial charge in [0.25, 0.3) is 0 Å². The second-order valence-electron chi connectivity index (χ2n) is 9.84. The van der Waals surface area contributed by atoms with Crippen LogP contribution in [0.15, 0.2) is 78.0 Å². The largest absolute Gasteiger partial charge is 0.573 e. The number of ether oxygens (including phenoxy) is 2. The molecular formula is C29H21ClF6N6O3S2. The number of nitrogens with zero attached hydrogens (tertiary/aromatic N) is 5. The molecule has 246 valence electrons. The highest BCUT2D eigenvalue weighted by Crippen LogP contribution is 2.39. The van der Waals surface area contributed by atoms with E-state index in [1.165, 1.54) is 47.4 Å². The van der Waals surface area contributed by atoms with Gasteiger partial charge in [0.2, 0.25) is 5.91 Å². The summed E-state index contributed by atoms with van der Waals surface area (Å²) in [4.78, 5) is 22.2. The predicted octanol–water partition coefficient (Wildman–Crippen LogP) is 7.50. The minimum atomic E-state index is -4.99. The van der Waals surface area contributed by atoms with Crippen LogP contribution in [0.4, 0.5) is 32.0 Å². The zero-order chi connectivity index (χ0) is 33.9. The summed E-state index contributed by atoms with van der Waals surface area (Å²) in [6.07, 6.45) is -8.34. The maximum atomic E-state index is 13.0. The molecule has 3 aromatic carbocycles. The molecule has 1 aliphatic heterocycles. The second kappa shape index (κ2) is 13.8. The molecule has 1 saturated heterocycles. The van der Waals surface area contributed by atoms with Crippen molar-refractivity contribution < 1.29 is 40.6 Å². The molecule has 4 aromatic rings. The number of benzene rings is 3. The van der Waals surface area contributed by atoms with Crippen molar-refractivity contribution in [2.45, 2.75) is 25.6 Å². The van der Waals surface area contributed by atoms with E-state index in [4.69, 9.17) is 23.8 Å². The molecule has 0 radical (unpaired) electrons. The molecule has 1 amide bonds. The van der Waals surface area contributed by atoms with Gasteiger partial charge >= 0.3 is 12.7 Å². The molecule has 1 N–H and O–H groups in total. The first-order valence-corrected chi connectivity index (χ1v) is 15.2. The molecule has 2 heterocycles. The van der Waals surface area contributed by atoms with Gasteiger partial charge < -0.3 is 14.8 Å². The Morgan fingerprint density at radius 2 is 1.72 bits per heavy atom. The number of hydrogen-bond donors (Lipinski definition) is 1. The Bertz CT molecular complexity index is 1800. The first kappa shape index (κ1) is 34.0. The lowest BCUT2D eigenvalue weighted by molar-refractivity contribution is -0.275. The summed E-state index contributed by atoms with van der Waals surface area (Å²) in [5.41, 5.74) is 1.90. The maximum Gasteiger partial charge on any atom is 0.573 e. The monoisotopic (exact) mass is 714 g/mol. The Kier molecular flexibility index (Phi) is 9.97. The highest BCUT2D eigenvalue weighted by atomic mass is 35.5. The van der Waals surface area contributed by atoms with Crippen molar-refractivity contribution in [1.29, 1.82) is 0 Å². The van der Waals surface area contributed by atoms with Gasteiger partial charge in [-0.1, -0.05) is 54.6 Å². The Balaban J connectivity index is 1.21. The van der Waals surface area contributed by atoms with Crippen LogP contribution in [0.2, 0.25) is 5.02 Å². The van der Waals surface area contributed by atoms with Crippen LogP contribution < -0.4 is 19.7 Å². The van der Waals surface area contributed by atoms with Crippen LogP contribution in [0.1, 0.15) is 18.4 Å². The number of aromatic nitrogens is 3. The van der Waals surface area contributed by atoms with Crippen LogP contribution in [0.5, 0.6) is 11.5 Å². The maximum absolute atomic E-state index is 13.0. The van der Waals surface area contributed by atoms with E-state index in [-0.39, 0.29) is 38.4 Å². The van der Waals surface area contributed by atoms with E-state index in [0.29, 0.717) is 23.6 Å². The number of aliphatic imine (C=N–C) groups is 1. The Morgan fingerprint density at radius 3 is 2.38 bits per heavy atom.